The lowest BCUT2D eigenvalue weighted by Crippen LogP contribution is -2.42. The Labute approximate surface area is 331 Å². The number of H-pyrrole nitrogens is 1. The van der Waals surface area contributed by atoms with Crippen molar-refractivity contribution >= 4 is 5.97 Å². The van der Waals surface area contributed by atoms with Crippen LogP contribution in [0.5, 0.6) is 0 Å². The highest BCUT2D eigenvalue weighted by Gasteiger charge is 2.51. The van der Waals surface area contributed by atoms with Gasteiger partial charge in [-0.15, -0.1) is 0 Å². The van der Waals surface area contributed by atoms with Gasteiger partial charge in [0.1, 0.15) is 0 Å². The molecule has 0 saturated heterocycles. The SMILES string of the molecule is CCCCC[C@@H]1C=C[C@@H](CCCC[C@H]2CC[C@@H](c3cc4c([nH]3)CC[C@H](C(C)C)[C@H]4C)[C@@H]3C[C@H](CC4=CCNC(N)=C4)C[C@@]3(O)CC[C@H](O)[C@H]2C(=O)O)[C@H](O)C1. The fourth-order valence-corrected chi connectivity index (χ4v) is 12.1. The Morgan fingerprint density at radius 3 is 2.51 bits per heavy atom. The number of carboxylic acid groups (broad SMARTS) is 1. The maximum atomic E-state index is 13.0. The number of aliphatic carboxylic acids is 1. The number of aliphatic hydroxyl groups is 3. The van der Waals surface area contributed by atoms with Gasteiger partial charge < -0.3 is 36.5 Å². The number of hydrogen-bond acceptors (Lipinski definition) is 6. The van der Waals surface area contributed by atoms with E-state index in [1.807, 2.05) is 6.08 Å². The molecule has 4 aliphatic carbocycles. The van der Waals surface area contributed by atoms with E-state index >= 15 is 0 Å². The summed E-state index contributed by atoms with van der Waals surface area (Å²) in [5.41, 5.74) is 10.4. The topological polar surface area (TPSA) is 152 Å². The molecule has 308 valence electrons. The fraction of sp³-hybridized carbons (Fsp3) is 0.766. The van der Waals surface area contributed by atoms with Crippen LogP contribution in [0.4, 0.5) is 0 Å². The second-order valence-corrected chi connectivity index (χ2v) is 19.2. The molecule has 12 atom stereocenters. The van der Waals surface area contributed by atoms with Crippen molar-refractivity contribution in [3.05, 3.63) is 58.7 Å². The highest BCUT2D eigenvalue weighted by molar-refractivity contribution is 5.71. The number of dihydropyridines is 1. The zero-order valence-electron chi connectivity index (χ0n) is 34.5. The molecule has 0 aromatic carbocycles. The molecule has 8 heteroatoms. The Morgan fingerprint density at radius 1 is 1.00 bits per heavy atom. The molecule has 8 N–H and O–H groups in total. The summed E-state index contributed by atoms with van der Waals surface area (Å²) in [5.74, 6) is 1.47. The van der Waals surface area contributed by atoms with Crippen LogP contribution in [0.2, 0.25) is 0 Å². The fourth-order valence-electron chi connectivity index (χ4n) is 12.1. The minimum absolute atomic E-state index is 0.0112. The van der Waals surface area contributed by atoms with Crippen LogP contribution in [0, 0.1) is 47.3 Å². The number of carbonyl (C=O) groups is 1. The zero-order valence-corrected chi connectivity index (χ0v) is 34.5. The number of nitrogens with two attached hydrogens (primary N) is 1. The third kappa shape index (κ3) is 10.1. The minimum atomic E-state index is -1.00. The molecule has 0 unspecified atom stereocenters. The summed E-state index contributed by atoms with van der Waals surface area (Å²) in [6.45, 7) is 10.00. The Morgan fingerprint density at radius 2 is 1.78 bits per heavy atom. The quantitative estimate of drug-likeness (QED) is 0.0739. The molecule has 2 fully saturated rings. The summed E-state index contributed by atoms with van der Waals surface area (Å²) < 4.78 is 0. The summed E-state index contributed by atoms with van der Waals surface area (Å²) in [5, 5.41) is 49.2. The smallest absolute Gasteiger partial charge is 0.309 e. The van der Waals surface area contributed by atoms with Crippen molar-refractivity contribution in [1.29, 1.82) is 0 Å². The van der Waals surface area contributed by atoms with E-state index in [1.165, 1.54) is 48.2 Å². The van der Waals surface area contributed by atoms with E-state index in [2.05, 4.69) is 62.3 Å². The molecule has 0 spiro atoms. The van der Waals surface area contributed by atoms with E-state index in [0.717, 1.165) is 64.2 Å². The van der Waals surface area contributed by atoms with Crippen LogP contribution in [0.25, 0.3) is 0 Å². The standard InChI is InChI=1S/C47H75N3O5/c1-5-6-7-10-31-13-14-34(43(52)25-31)11-8-9-12-35-15-16-37(41-27-38-30(4)36(29(2)3)17-18-40(38)50-41)39-24-33(23-32-20-22-49-44(48)26-32)28-47(39,55)21-19-42(51)45(35)46(53)54/h13-14,20,26-27,29-31,33-37,39,42-43,45,49-52,55H,5-12,15-19,21-25,28,48H2,1-4H3,(H,53,54)/t30-,31-,33+,34-,35+,36-,37-,39+,42+,43-,45+,47+/m1/s1. The van der Waals surface area contributed by atoms with Gasteiger partial charge in [-0.1, -0.05) is 78.0 Å². The van der Waals surface area contributed by atoms with E-state index in [0.29, 0.717) is 55.3 Å². The van der Waals surface area contributed by atoms with Gasteiger partial charge in [0.05, 0.1) is 29.5 Å². The highest BCUT2D eigenvalue weighted by atomic mass is 16.4. The number of unbranched alkanes of at least 4 members (excludes halogenated alkanes) is 3. The van der Waals surface area contributed by atoms with Crippen molar-refractivity contribution in [2.45, 2.75) is 173 Å². The Kier molecular flexibility index (Phi) is 14.4. The Bertz CT molecular complexity index is 1510. The summed E-state index contributed by atoms with van der Waals surface area (Å²) >= 11 is 0. The number of hydrogen-bond donors (Lipinski definition) is 7. The van der Waals surface area contributed by atoms with Gasteiger partial charge in [0.25, 0.3) is 0 Å². The summed E-state index contributed by atoms with van der Waals surface area (Å²) in [6, 6.07) is 2.42. The Hall–Kier alpha value is -2.55. The maximum Gasteiger partial charge on any atom is 0.309 e. The van der Waals surface area contributed by atoms with Gasteiger partial charge in [-0.2, -0.15) is 0 Å². The van der Waals surface area contributed by atoms with Gasteiger partial charge in [0.2, 0.25) is 0 Å². The highest BCUT2D eigenvalue weighted by Crippen LogP contribution is 2.54. The predicted molar refractivity (Wildman–Crippen MR) is 221 cm³/mol. The third-order valence-corrected chi connectivity index (χ3v) is 15.2. The molecule has 2 saturated carbocycles. The van der Waals surface area contributed by atoms with Gasteiger partial charge >= 0.3 is 5.97 Å². The summed E-state index contributed by atoms with van der Waals surface area (Å²) in [7, 11) is 0. The van der Waals surface area contributed by atoms with Gasteiger partial charge in [-0.05, 0) is 148 Å². The number of aryl methyl sites for hydroxylation is 1. The van der Waals surface area contributed by atoms with E-state index in [-0.39, 0.29) is 42.1 Å². The average molecular weight is 762 g/mol. The molecule has 0 bridgehead atoms. The minimum Gasteiger partial charge on any atom is -0.481 e. The van der Waals surface area contributed by atoms with E-state index in [1.54, 1.807) is 0 Å². The summed E-state index contributed by atoms with van der Waals surface area (Å²) in [4.78, 5) is 16.9. The van der Waals surface area contributed by atoms with Gasteiger partial charge in [0, 0.05) is 29.8 Å². The van der Waals surface area contributed by atoms with Gasteiger partial charge in [0.15, 0.2) is 0 Å². The van der Waals surface area contributed by atoms with E-state index in [9.17, 15) is 25.2 Å². The molecular formula is C47H75N3O5. The molecule has 1 aromatic rings. The molecule has 5 aliphatic rings. The molecule has 0 radical (unpaired) electrons. The molecule has 1 aromatic heterocycles. The van der Waals surface area contributed by atoms with Crippen molar-refractivity contribution in [3.63, 3.8) is 0 Å². The van der Waals surface area contributed by atoms with Crippen molar-refractivity contribution in [3.8, 4) is 0 Å². The molecule has 1 aliphatic heterocycles. The van der Waals surface area contributed by atoms with Crippen LogP contribution >= 0.6 is 0 Å². The zero-order chi connectivity index (χ0) is 39.3. The number of carboxylic acids is 1. The normalized spacial score (nSPS) is 36.8. The van der Waals surface area contributed by atoms with Crippen molar-refractivity contribution in [2.24, 2.45) is 53.1 Å². The monoisotopic (exact) mass is 762 g/mol. The van der Waals surface area contributed by atoms with Gasteiger partial charge in [-0.3, -0.25) is 4.79 Å². The first-order valence-corrected chi connectivity index (χ1v) is 22.5. The number of fused-ring (bicyclic) bond motifs is 2. The van der Waals surface area contributed by atoms with Crippen molar-refractivity contribution in [2.75, 3.05) is 6.54 Å². The molecule has 55 heavy (non-hydrogen) atoms. The van der Waals surface area contributed by atoms with Crippen LogP contribution < -0.4 is 11.1 Å². The van der Waals surface area contributed by atoms with Gasteiger partial charge in [-0.25, -0.2) is 0 Å². The number of allylic oxidation sites excluding steroid dienone is 3. The number of aromatic nitrogens is 1. The first kappa shape index (κ1) is 42.1. The second-order valence-electron chi connectivity index (χ2n) is 19.2. The van der Waals surface area contributed by atoms with Crippen LogP contribution in [-0.4, -0.2) is 55.7 Å². The third-order valence-electron chi connectivity index (χ3n) is 15.2. The number of nitrogens with one attached hydrogen (secondary N) is 2. The lowest BCUT2D eigenvalue weighted by atomic mass is 9.69. The molecular weight excluding hydrogens is 687 g/mol. The molecule has 2 heterocycles. The van der Waals surface area contributed by atoms with E-state index in [4.69, 9.17) is 5.73 Å². The van der Waals surface area contributed by atoms with Crippen molar-refractivity contribution < 1.29 is 25.2 Å². The Balaban J connectivity index is 1.21. The van der Waals surface area contributed by atoms with Crippen LogP contribution in [0.3, 0.4) is 0 Å². The van der Waals surface area contributed by atoms with Crippen LogP contribution in [0.1, 0.15) is 166 Å². The predicted octanol–water partition coefficient (Wildman–Crippen LogP) is 8.84. The molecule has 0 amide bonds. The molecule has 8 nitrogen and oxygen atoms in total. The first-order valence-electron chi connectivity index (χ1n) is 22.5. The largest absolute Gasteiger partial charge is 0.481 e. The lowest BCUT2D eigenvalue weighted by Gasteiger charge is -2.40. The summed E-state index contributed by atoms with van der Waals surface area (Å²) in [6.07, 6.45) is 23.4. The van der Waals surface area contributed by atoms with Crippen LogP contribution in [0.15, 0.2) is 41.8 Å². The number of rotatable bonds is 14. The number of aromatic amines is 1. The van der Waals surface area contributed by atoms with E-state index < -0.39 is 23.6 Å². The maximum absolute atomic E-state index is 13.0. The first-order chi connectivity index (χ1) is 26.4. The lowest BCUT2D eigenvalue weighted by molar-refractivity contribution is -0.150. The van der Waals surface area contributed by atoms with Crippen molar-refractivity contribution in [1.82, 2.24) is 10.3 Å². The molecule has 6 rings (SSSR count). The average Bonchev–Trinajstić information content (AvgIpc) is 3.71. The number of aliphatic hydroxyl groups excluding tert-OH is 2. The van der Waals surface area contributed by atoms with Crippen LogP contribution in [-0.2, 0) is 11.2 Å². The second kappa shape index (κ2) is 18.8.